The Kier molecular flexibility index (Phi) is 7.84. The van der Waals surface area contributed by atoms with Crippen LogP contribution in [0.2, 0.25) is 5.02 Å². The second-order valence-electron chi connectivity index (χ2n) is 7.84. The second kappa shape index (κ2) is 10.6. The average molecular weight is 468 g/mol. The highest BCUT2D eigenvalue weighted by Crippen LogP contribution is 2.22. The quantitative estimate of drug-likeness (QED) is 0.318. The molecule has 3 rings (SSSR count). The molecular formula is C26H26ClNO5. The zero-order valence-electron chi connectivity index (χ0n) is 19.1. The first-order valence-electron chi connectivity index (χ1n) is 10.5. The van der Waals surface area contributed by atoms with Gasteiger partial charge in [0.15, 0.2) is 12.4 Å². The summed E-state index contributed by atoms with van der Waals surface area (Å²) in [5, 5.41) is 0.508. The van der Waals surface area contributed by atoms with Crippen LogP contribution >= 0.6 is 11.6 Å². The van der Waals surface area contributed by atoms with Gasteiger partial charge in [0.1, 0.15) is 0 Å². The van der Waals surface area contributed by atoms with E-state index >= 15 is 0 Å². The van der Waals surface area contributed by atoms with E-state index in [9.17, 15) is 14.4 Å². The van der Waals surface area contributed by atoms with Gasteiger partial charge in [-0.25, -0.2) is 4.79 Å². The van der Waals surface area contributed by atoms with E-state index in [1.54, 1.807) is 55.6 Å². The summed E-state index contributed by atoms with van der Waals surface area (Å²) in [6, 6.07) is 14.6. The Balaban J connectivity index is 1.76. The number of Topliss-reactive ketones (excluding diaryl/α,β-unsaturated/α-hetero) is 1. The minimum Gasteiger partial charge on any atom is -0.454 e. The standard InChI is InChI=1S/C26H26ClNO5/c1-16-13-23(18(3)28(16)17(2)14-32-4)24(29)15-33-26(31)22-8-6-5-7-21(22)25(30)19-9-11-20(27)12-10-19/h5-13,17H,14-15H2,1-4H3. The van der Waals surface area contributed by atoms with E-state index in [1.807, 2.05) is 25.3 Å². The zero-order chi connectivity index (χ0) is 24.1. The van der Waals surface area contributed by atoms with Gasteiger partial charge in [-0.15, -0.1) is 0 Å². The van der Waals surface area contributed by atoms with Crippen LogP contribution in [0.4, 0.5) is 0 Å². The van der Waals surface area contributed by atoms with Crippen molar-refractivity contribution in [3.8, 4) is 0 Å². The monoisotopic (exact) mass is 467 g/mol. The average Bonchev–Trinajstić information content (AvgIpc) is 3.11. The van der Waals surface area contributed by atoms with Gasteiger partial charge in [0.05, 0.1) is 18.2 Å². The van der Waals surface area contributed by atoms with Crippen LogP contribution in [0.25, 0.3) is 0 Å². The Morgan fingerprint density at radius 1 is 0.970 bits per heavy atom. The fourth-order valence-corrected chi connectivity index (χ4v) is 4.08. The van der Waals surface area contributed by atoms with Crippen LogP contribution in [-0.4, -0.2) is 42.4 Å². The molecule has 0 amide bonds. The Hall–Kier alpha value is -3.22. The number of rotatable bonds is 9. The number of ketones is 2. The van der Waals surface area contributed by atoms with Gasteiger partial charge in [0.25, 0.3) is 0 Å². The first-order valence-corrected chi connectivity index (χ1v) is 10.9. The zero-order valence-corrected chi connectivity index (χ0v) is 19.8. The minimum atomic E-state index is -0.733. The number of ether oxygens (including phenoxy) is 2. The van der Waals surface area contributed by atoms with Gasteiger partial charge in [-0.05, 0) is 57.2 Å². The summed E-state index contributed by atoms with van der Waals surface area (Å²) >= 11 is 5.90. The van der Waals surface area contributed by atoms with Gasteiger partial charge in [-0.2, -0.15) is 0 Å². The topological polar surface area (TPSA) is 74.6 Å². The maximum absolute atomic E-state index is 12.9. The Morgan fingerprint density at radius 3 is 2.24 bits per heavy atom. The van der Waals surface area contributed by atoms with Gasteiger partial charge in [-0.1, -0.05) is 29.8 Å². The van der Waals surface area contributed by atoms with Crippen LogP contribution < -0.4 is 0 Å². The molecule has 0 aliphatic heterocycles. The molecule has 1 atom stereocenters. The Labute approximate surface area is 198 Å². The fraction of sp³-hybridized carbons (Fsp3) is 0.269. The lowest BCUT2D eigenvalue weighted by molar-refractivity contribution is 0.0472. The number of hydrogen-bond donors (Lipinski definition) is 0. The van der Waals surface area contributed by atoms with Gasteiger partial charge < -0.3 is 14.0 Å². The molecule has 33 heavy (non-hydrogen) atoms. The van der Waals surface area contributed by atoms with Crippen molar-refractivity contribution < 1.29 is 23.9 Å². The number of nitrogens with zero attached hydrogens (tertiary/aromatic N) is 1. The van der Waals surface area contributed by atoms with E-state index in [1.165, 1.54) is 6.07 Å². The van der Waals surface area contributed by atoms with Crippen LogP contribution in [0.15, 0.2) is 54.6 Å². The van der Waals surface area contributed by atoms with Crippen molar-refractivity contribution >= 4 is 29.1 Å². The minimum absolute atomic E-state index is 0.0601. The Bertz CT molecular complexity index is 1180. The number of esters is 1. The number of carbonyl (C=O) groups excluding carboxylic acids is 3. The summed E-state index contributed by atoms with van der Waals surface area (Å²) in [5.41, 5.74) is 2.90. The van der Waals surface area contributed by atoms with E-state index in [2.05, 4.69) is 0 Å². The van der Waals surface area contributed by atoms with Crippen molar-refractivity contribution in [3.63, 3.8) is 0 Å². The number of aryl methyl sites for hydroxylation is 1. The van der Waals surface area contributed by atoms with E-state index in [-0.39, 0.29) is 28.7 Å². The molecule has 0 spiro atoms. The summed E-state index contributed by atoms with van der Waals surface area (Å²) in [6.45, 7) is 5.87. The molecule has 6 nitrogen and oxygen atoms in total. The molecule has 0 fully saturated rings. The molecule has 7 heteroatoms. The van der Waals surface area contributed by atoms with Gasteiger partial charge in [-0.3, -0.25) is 9.59 Å². The highest BCUT2D eigenvalue weighted by molar-refractivity contribution is 6.30. The van der Waals surface area contributed by atoms with Crippen LogP contribution in [0.3, 0.4) is 0 Å². The lowest BCUT2D eigenvalue weighted by Gasteiger charge is -2.17. The summed E-state index contributed by atoms with van der Waals surface area (Å²) in [7, 11) is 1.63. The maximum Gasteiger partial charge on any atom is 0.339 e. The molecular weight excluding hydrogens is 442 g/mol. The smallest absolute Gasteiger partial charge is 0.339 e. The van der Waals surface area contributed by atoms with Crippen molar-refractivity contribution in [2.24, 2.45) is 0 Å². The highest BCUT2D eigenvalue weighted by atomic mass is 35.5. The summed E-state index contributed by atoms with van der Waals surface area (Å²) in [6.07, 6.45) is 0. The molecule has 2 aromatic carbocycles. The number of methoxy groups -OCH3 is 1. The number of hydrogen-bond acceptors (Lipinski definition) is 5. The van der Waals surface area contributed by atoms with E-state index < -0.39 is 12.6 Å². The summed E-state index contributed by atoms with van der Waals surface area (Å²) in [4.78, 5) is 38.5. The van der Waals surface area contributed by atoms with Crippen molar-refractivity contribution in [1.29, 1.82) is 0 Å². The molecule has 1 unspecified atom stereocenters. The molecule has 1 aromatic heterocycles. The molecule has 172 valence electrons. The van der Waals surface area contributed by atoms with Crippen molar-refractivity contribution in [2.75, 3.05) is 20.3 Å². The van der Waals surface area contributed by atoms with Crippen LogP contribution in [-0.2, 0) is 9.47 Å². The maximum atomic E-state index is 12.9. The van der Waals surface area contributed by atoms with Crippen molar-refractivity contribution in [1.82, 2.24) is 4.57 Å². The van der Waals surface area contributed by atoms with E-state index in [4.69, 9.17) is 21.1 Å². The normalized spacial score (nSPS) is 11.8. The molecule has 0 saturated carbocycles. The Morgan fingerprint density at radius 2 is 1.61 bits per heavy atom. The first-order chi connectivity index (χ1) is 15.7. The largest absolute Gasteiger partial charge is 0.454 e. The predicted molar refractivity (Wildman–Crippen MR) is 126 cm³/mol. The van der Waals surface area contributed by atoms with Crippen molar-refractivity contribution in [3.05, 3.63) is 93.3 Å². The summed E-state index contributed by atoms with van der Waals surface area (Å²) < 4.78 is 12.6. The van der Waals surface area contributed by atoms with Gasteiger partial charge >= 0.3 is 5.97 Å². The number of carbonyl (C=O) groups is 3. The van der Waals surface area contributed by atoms with E-state index in [0.29, 0.717) is 22.8 Å². The highest BCUT2D eigenvalue weighted by Gasteiger charge is 2.22. The third kappa shape index (κ3) is 5.41. The number of halogens is 1. The lowest BCUT2D eigenvalue weighted by Crippen LogP contribution is -2.18. The molecule has 0 radical (unpaired) electrons. The third-order valence-electron chi connectivity index (χ3n) is 5.47. The van der Waals surface area contributed by atoms with E-state index in [0.717, 1.165) is 11.4 Å². The molecule has 0 N–H and O–H groups in total. The van der Waals surface area contributed by atoms with Crippen LogP contribution in [0.1, 0.15) is 61.0 Å². The van der Waals surface area contributed by atoms with Crippen LogP contribution in [0, 0.1) is 13.8 Å². The lowest BCUT2D eigenvalue weighted by atomic mass is 9.98. The van der Waals surface area contributed by atoms with Crippen LogP contribution in [0.5, 0.6) is 0 Å². The van der Waals surface area contributed by atoms with Crippen molar-refractivity contribution in [2.45, 2.75) is 26.8 Å². The number of benzene rings is 2. The fourth-order valence-electron chi connectivity index (χ4n) is 3.96. The molecule has 0 bridgehead atoms. The molecule has 0 aliphatic carbocycles. The first kappa shape index (κ1) is 24.4. The number of aromatic nitrogens is 1. The predicted octanol–water partition coefficient (Wildman–Crippen LogP) is 5.24. The third-order valence-corrected chi connectivity index (χ3v) is 5.72. The molecule has 3 aromatic rings. The molecule has 1 heterocycles. The molecule has 0 aliphatic rings. The second-order valence-corrected chi connectivity index (χ2v) is 8.28. The molecule has 0 saturated heterocycles. The summed E-state index contributed by atoms with van der Waals surface area (Å²) in [5.74, 6) is -1.38. The van der Waals surface area contributed by atoms with Gasteiger partial charge in [0, 0.05) is 40.2 Å². The van der Waals surface area contributed by atoms with Gasteiger partial charge in [0.2, 0.25) is 5.78 Å². The SMILES string of the molecule is COCC(C)n1c(C)cc(C(=O)COC(=O)c2ccccc2C(=O)c2ccc(Cl)cc2)c1C.